The lowest BCUT2D eigenvalue weighted by molar-refractivity contribution is -0.885. The average Bonchev–Trinajstić information content (AvgIpc) is 2.44. The molecule has 21 heavy (non-hydrogen) atoms. The zero-order chi connectivity index (χ0) is 15.2. The smallest absolute Gasteiger partial charge is 0.275 e. The fourth-order valence-corrected chi connectivity index (χ4v) is 3.23. The highest BCUT2D eigenvalue weighted by molar-refractivity contribution is 9.10. The van der Waals surface area contributed by atoms with E-state index in [1.807, 2.05) is 12.1 Å². The quantitative estimate of drug-likeness (QED) is 0.835. The van der Waals surface area contributed by atoms with Gasteiger partial charge in [-0.15, -0.1) is 0 Å². The number of likely N-dealkylation sites (N-methyl/N-ethyl adjacent to an activating group) is 1. The number of hydrogen-bond donors (Lipinski definition) is 2. The number of carbonyl (C=O) groups excluding carboxylic acids is 1. The monoisotopic (exact) mass is 353 g/mol. The van der Waals surface area contributed by atoms with Crippen molar-refractivity contribution in [2.24, 2.45) is 5.92 Å². The Labute approximate surface area is 136 Å². The van der Waals surface area contributed by atoms with Crippen LogP contribution < -0.4 is 10.2 Å². The van der Waals surface area contributed by atoms with E-state index in [-0.39, 0.29) is 5.91 Å². The van der Waals surface area contributed by atoms with Crippen LogP contribution in [0, 0.1) is 5.92 Å². The molecular weight excluding hydrogens is 328 g/mol. The molecule has 2 N–H and O–H groups in total. The number of quaternary nitrogens is 1. The molecule has 4 heteroatoms. The van der Waals surface area contributed by atoms with Crippen LogP contribution in [0.4, 0.5) is 0 Å². The second kappa shape index (κ2) is 7.95. The molecule has 1 aromatic carbocycles. The summed E-state index contributed by atoms with van der Waals surface area (Å²) in [4.78, 5) is 13.3. The SMILES string of the molecule is CC1CCC(NC(=O)C[NH+](C)Cc2ccc(Br)cc2)CC1. The van der Waals surface area contributed by atoms with Gasteiger partial charge < -0.3 is 10.2 Å². The minimum Gasteiger partial charge on any atom is -0.348 e. The molecule has 1 aromatic rings. The lowest BCUT2D eigenvalue weighted by atomic mass is 9.87. The Morgan fingerprint density at radius 3 is 2.48 bits per heavy atom. The molecule has 0 radical (unpaired) electrons. The van der Waals surface area contributed by atoms with Gasteiger partial charge in [-0.3, -0.25) is 4.79 Å². The van der Waals surface area contributed by atoms with Crippen LogP contribution in [0.25, 0.3) is 0 Å². The molecule has 116 valence electrons. The van der Waals surface area contributed by atoms with E-state index in [4.69, 9.17) is 0 Å². The molecule has 0 spiro atoms. The van der Waals surface area contributed by atoms with Gasteiger partial charge in [-0.25, -0.2) is 0 Å². The summed E-state index contributed by atoms with van der Waals surface area (Å²) in [6.45, 7) is 3.72. The van der Waals surface area contributed by atoms with Gasteiger partial charge in [0.25, 0.3) is 5.91 Å². The highest BCUT2D eigenvalue weighted by Gasteiger charge is 2.21. The van der Waals surface area contributed by atoms with Gasteiger partial charge in [-0.2, -0.15) is 0 Å². The maximum absolute atomic E-state index is 12.1. The number of nitrogens with one attached hydrogen (secondary N) is 2. The predicted octanol–water partition coefficient (Wildman–Crippen LogP) is 2.16. The molecule has 0 heterocycles. The summed E-state index contributed by atoms with van der Waals surface area (Å²) in [5, 5.41) is 3.20. The molecule has 1 aliphatic rings. The maximum Gasteiger partial charge on any atom is 0.275 e. The zero-order valence-corrected chi connectivity index (χ0v) is 14.6. The highest BCUT2D eigenvalue weighted by Crippen LogP contribution is 2.23. The minimum atomic E-state index is 0.184. The van der Waals surface area contributed by atoms with Crippen molar-refractivity contribution in [3.8, 4) is 0 Å². The van der Waals surface area contributed by atoms with Crippen molar-refractivity contribution in [3.05, 3.63) is 34.3 Å². The van der Waals surface area contributed by atoms with E-state index in [1.165, 1.54) is 23.3 Å². The zero-order valence-electron chi connectivity index (χ0n) is 13.0. The van der Waals surface area contributed by atoms with Gasteiger partial charge in [-0.1, -0.05) is 35.0 Å². The Balaban J connectivity index is 1.73. The Hall–Kier alpha value is -0.870. The molecule has 2 rings (SSSR count). The van der Waals surface area contributed by atoms with Crippen molar-refractivity contribution in [1.82, 2.24) is 5.32 Å². The molecule has 0 aromatic heterocycles. The summed E-state index contributed by atoms with van der Waals surface area (Å²) in [5.41, 5.74) is 1.26. The Bertz CT molecular complexity index is 452. The van der Waals surface area contributed by atoms with E-state index >= 15 is 0 Å². The summed E-state index contributed by atoms with van der Waals surface area (Å²) in [7, 11) is 2.07. The van der Waals surface area contributed by atoms with Crippen LogP contribution >= 0.6 is 15.9 Å². The van der Waals surface area contributed by atoms with Crippen molar-refractivity contribution >= 4 is 21.8 Å². The molecule has 1 saturated carbocycles. The van der Waals surface area contributed by atoms with E-state index in [9.17, 15) is 4.79 Å². The van der Waals surface area contributed by atoms with Crippen molar-refractivity contribution in [3.63, 3.8) is 0 Å². The first-order chi connectivity index (χ1) is 10.0. The summed E-state index contributed by atoms with van der Waals surface area (Å²) < 4.78 is 1.09. The molecular formula is C17H26BrN2O+. The van der Waals surface area contributed by atoms with E-state index in [0.29, 0.717) is 12.6 Å². The van der Waals surface area contributed by atoms with Crippen LogP contribution in [-0.2, 0) is 11.3 Å². The minimum absolute atomic E-state index is 0.184. The Morgan fingerprint density at radius 1 is 1.24 bits per heavy atom. The van der Waals surface area contributed by atoms with Crippen molar-refractivity contribution in [2.75, 3.05) is 13.6 Å². The molecule has 1 atom stereocenters. The number of hydrogen-bond acceptors (Lipinski definition) is 1. The number of halogens is 1. The summed E-state index contributed by atoms with van der Waals surface area (Å²) in [5.74, 6) is 1.01. The van der Waals surface area contributed by atoms with Gasteiger partial charge in [-0.05, 0) is 43.7 Å². The maximum atomic E-state index is 12.1. The van der Waals surface area contributed by atoms with Gasteiger partial charge in [0.15, 0.2) is 6.54 Å². The Kier molecular flexibility index (Phi) is 6.24. The first-order valence-corrected chi connectivity index (χ1v) is 8.67. The fourth-order valence-electron chi connectivity index (χ4n) is 2.97. The van der Waals surface area contributed by atoms with Crippen LogP contribution in [0.15, 0.2) is 28.7 Å². The second-order valence-corrected chi connectivity index (χ2v) is 7.38. The third kappa shape index (κ3) is 5.79. The predicted molar refractivity (Wildman–Crippen MR) is 89.2 cm³/mol. The molecule has 1 unspecified atom stereocenters. The van der Waals surface area contributed by atoms with E-state index < -0.39 is 0 Å². The first-order valence-electron chi connectivity index (χ1n) is 7.88. The van der Waals surface area contributed by atoms with Crippen LogP contribution in [-0.4, -0.2) is 25.5 Å². The summed E-state index contributed by atoms with van der Waals surface area (Å²) >= 11 is 3.44. The summed E-state index contributed by atoms with van der Waals surface area (Å²) in [6.07, 6.45) is 4.76. The second-order valence-electron chi connectivity index (χ2n) is 6.46. The van der Waals surface area contributed by atoms with Crippen LogP contribution in [0.3, 0.4) is 0 Å². The molecule has 3 nitrogen and oxygen atoms in total. The molecule has 1 amide bonds. The van der Waals surface area contributed by atoms with Gasteiger partial charge in [0.1, 0.15) is 6.54 Å². The standard InChI is InChI=1S/C17H25BrN2O/c1-13-3-9-16(10-4-13)19-17(21)12-20(2)11-14-5-7-15(18)8-6-14/h5-8,13,16H,3-4,9-12H2,1-2H3,(H,19,21)/p+1. The lowest BCUT2D eigenvalue weighted by Crippen LogP contribution is -3.09. The third-order valence-electron chi connectivity index (χ3n) is 4.26. The number of amides is 1. The molecule has 1 aliphatic carbocycles. The van der Waals surface area contributed by atoms with E-state index in [2.05, 4.69) is 47.4 Å². The van der Waals surface area contributed by atoms with E-state index in [1.54, 1.807) is 0 Å². The topological polar surface area (TPSA) is 33.5 Å². The largest absolute Gasteiger partial charge is 0.348 e. The van der Waals surface area contributed by atoms with Gasteiger partial charge in [0.2, 0.25) is 0 Å². The lowest BCUT2D eigenvalue weighted by Gasteiger charge is -2.27. The van der Waals surface area contributed by atoms with Crippen molar-refractivity contribution in [2.45, 2.75) is 45.2 Å². The van der Waals surface area contributed by atoms with E-state index in [0.717, 1.165) is 29.8 Å². The average molecular weight is 354 g/mol. The van der Waals surface area contributed by atoms with Gasteiger partial charge >= 0.3 is 0 Å². The van der Waals surface area contributed by atoms with Crippen LogP contribution in [0.1, 0.15) is 38.2 Å². The fraction of sp³-hybridized carbons (Fsp3) is 0.588. The normalized spacial score (nSPS) is 23.6. The Morgan fingerprint density at radius 2 is 1.86 bits per heavy atom. The van der Waals surface area contributed by atoms with Crippen LogP contribution in [0.5, 0.6) is 0 Å². The number of carbonyl (C=O) groups is 1. The third-order valence-corrected chi connectivity index (χ3v) is 4.79. The molecule has 0 saturated heterocycles. The molecule has 1 fully saturated rings. The van der Waals surface area contributed by atoms with Crippen molar-refractivity contribution in [1.29, 1.82) is 0 Å². The number of rotatable bonds is 5. The summed E-state index contributed by atoms with van der Waals surface area (Å²) in [6, 6.07) is 8.70. The first kappa shape index (κ1) is 16.5. The molecule has 0 bridgehead atoms. The van der Waals surface area contributed by atoms with Gasteiger partial charge in [0, 0.05) is 16.1 Å². The molecule has 0 aliphatic heterocycles. The van der Waals surface area contributed by atoms with Crippen LogP contribution in [0.2, 0.25) is 0 Å². The highest BCUT2D eigenvalue weighted by atomic mass is 79.9. The number of benzene rings is 1. The van der Waals surface area contributed by atoms with Gasteiger partial charge in [0.05, 0.1) is 7.05 Å². The van der Waals surface area contributed by atoms with Crippen molar-refractivity contribution < 1.29 is 9.69 Å².